The minimum absolute atomic E-state index is 0.283. The molecule has 0 saturated heterocycles. The summed E-state index contributed by atoms with van der Waals surface area (Å²) in [6.45, 7) is 3.67. The summed E-state index contributed by atoms with van der Waals surface area (Å²) in [5, 5.41) is 0. The van der Waals surface area contributed by atoms with Gasteiger partial charge in [0, 0.05) is 16.3 Å². The Hall–Kier alpha value is -0.390. The smallest absolute Gasteiger partial charge is 0.175 e. The first-order valence-corrected chi connectivity index (χ1v) is 7.09. The van der Waals surface area contributed by atoms with Crippen molar-refractivity contribution in [2.24, 2.45) is 5.73 Å². The normalized spacial score (nSPS) is 12.9. The maximum absolute atomic E-state index is 11.4. The van der Waals surface area contributed by atoms with Gasteiger partial charge in [0.05, 0.1) is 4.90 Å². The summed E-state index contributed by atoms with van der Waals surface area (Å²) in [5.74, 6) is 0. The van der Waals surface area contributed by atoms with Crippen molar-refractivity contribution < 1.29 is 8.42 Å². The minimum atomic E-state index is -3.19. The van der Waals surface area contributed by atoms with Gasteiger partial charge in [-0.2, -0.15) is 0 Å². The van der Waals surface area contributed by atoms with E-state index in [9.17, 15) is 8.42 Å². The van der Waals surface area contributed by atoms with Crippen LogP contribution in [0.5, 0.6) is 0 Å². The number of benzene rings is 1. The van der Waals surface area contributed by atoms with Gasteiger partial charge in [0.25, 0.3) is 0 Å². The monoisotopic (exact) mass is 291 g/mol. The van der Waals surface area contributed by atoms with E-state index in [1.165, 1.54) is 6.26 Å². The van der Waals surface area contributed by atoms with Gasteiger partial charge in [-0.15, -0.1) is 0 Å². The molecule has 1 rings (SSSR count). The van der Waals surface area contributed by atoms with Crippen molar-refractivity contribution in [1.82, 2.24) is 0 Å². The second-order valence-corrected chi connectivity index (χ2v) is 7.10. The molecule has 5 heteroatoms. The lowest BCUT2D eigenvalue weighted by Crippen LogP contribution is -2.28. The van der Waals surface area contributed by atoms with E-state index in [1.807, 2.05) is 19.9 Å². The van der Waals surface area contributed by atoms with Gasteiger partial charge in [-0.1, -0.05) is 15.9 Å². The van der Waals surface area contributed by atoms with Crippen molar-refractivity contribution in [3.05, 3.63) is 28.2 Å². The van der Waals surface area contributed by atoms with Crippen LogP contribution in [0.1, 0.15) is 19.4 Å². The molecule has 0 unspecified atom stereocenters. The first kappa shape index (κ1) is 12.7. The number of hydrogen-bond donors (Lipinski definition) is 1. The van der Waals surface area contributed by atoms with Gasteiger partial charge in [-0.05, 0) is 37.6 Å². The van der Waals surface area contributed by atoms with E-state index >= 15 is 0 Å². The van der Waals surface area contributed by atoms with Gasteiger partial charge in [0.1, 0.15) is 0 Å². The Morgan fingerprint density at radius 3 is 2.20 bits per heavy atom. The molecule has 15 heavy (non-hydrogen) atoms. The van der Waals surface area contributed by atoms with Gasteiger partial charge >= 0.3 is 0 Å². The fourth-order valence-electron chi connectivity index (χ4n) is 1.15. The lowest BCUT2D eigenvalue weighted by molar-refractivity contribution is 0.551. The van der Waals surface area contributed by atoms with Crippen LogP contribution in [0.2, 0.25) is 0 Å². The van der Waals surface area contributed by atoms with Crippen LogP contribution in [-0.2, 0) is 15.4 Å². The van der Waals surface area contributed by atoms with Crippen LogP contribution in [0, 0.1) is 0 Å². The Morgan fingerprint density at radius 1 is 1.27 bits per heavy atom. The van der Waals surface area contributed by atoms with Crippen LogP contribution < -0.4 is 5.73 Å². The van der Waals surface area contributed by atoms with Gasteiger partial charge in [-0.25, -0.2) is 8.42 Å². The molecule has 0 bridgehead atoms. The topological polar surface area (TPSA) is 60.2 Å². The molecule has 1 aromatic carbocycles. The third-order valence-corrected chi connectivity index (χ3v) is 3.59. The van der Waals surface area contributed by atoms with Gasteiger partial charge < -0.3 is 5.73 Å². The zero-order valence-corrected chi connectivity index (χ0v) is 11.3. The van der Waals surface area contributed by atoms with Crippen LogP contribution in [0.4, 0.5) is 0 Å². The molecule has 0 radical (unpaired) electrons. The summed E-state index contributed by atoms with van der Waals surface area (Å²) in [6.07, 6.45) is 1.18. The van der Waals surface area contributed by atoms with Crippen molar-refractivity contribution in [2.75, 3.05) is 6.26 Å². The number of rotatable bonds is 2. The molecule has 0 fully saturated rings. The number of halogens is 1. The van der Waals surface area contributed by atoms with E-state index < -0.39 is 15.4 Å². The summed E-state index contributed by atoms with van der Waals surface area (Å²) < 4.78 is 23.5. The molecule has 0 heterocycles. The molecule has 0 aliphatic rings. The average molecular weight is 292 g/mol. The highest BCUT2D eigenvalue weighted by Crippen LogP contribution is 2.25. The predicted molar refractivity (Wildman–Crippen MR) is 64.5 cm³/mol. The molecular weight excluding hydrogens is 278 g/mol. The Labute approximate surface area is 98.7 Å². The third-order valence-electron chi connectivity index (χ3n) is 2.04. The van der Waals surface area contributed by atoms with Gasteiger partial charge in [0.15, 0.2) is 9.84 Å². The lowest BCUT2D eigenvalue weighted by Gasteiger charge is -2.20. The zero-order chi connectivity index (χ0) is 11.9. The molecule has 2 N–H and O–H groups in total. The van der Waals surface area contributed by atoms with Crippen LogP contribution >= 0.6 is 15.9 Å². The molecule has 0 saturated carbocycles. The van der Waals surface area contributed by atoms with Crippen molar-refractivity contribution in [1.29, 1.82) is 0 Å². The first-order valence-electron chi connectivity index (χ1n) is 4.41. The van der Waals surface area contributed by atoms with E-state index in [2.05, 4.69) is 15.9 Å². The second-order valence-electron chi connectivity index (χ2n) is 4.17. The SMILES string of the molecule is CC(C)(N)c1cc(Br)cc(S(C)(=O)=O)c1. The second kappa shape index (κ2) is 3.88. The summed E-state index contributed by atoms with van der Waals surface area (Å²) in [6, 6.07) is 5.01. The van der Waals surface area contributed by atoms with Gasteiger partial charge in [-0.3, -0.25) is 0 Å². The minimum Gasteiger partial charge on any atom is -0.322 e. The van der Waals surface area contributed by atoms with Crippen LogP contribution in [-0.4, -0.2) is 14.7 Å². The van der Waals surface area contributed by atoms with Crippen molar-refractivity contribution >= 4 is 25.8 Å². The summed E-state index contributed by atoms with van der Waals surface area (Å²) >= 11 is 3.28. The van der Waals surface area contributed by atoms with Gasteiger partial charge in [0.2, 0.25) is 0 Å². The van der Waals surface area contributed by atoms with Crippen LogP contribution in [0.3, 0.4) is 0 Å². The molecule has 0 aliphatic heterocycles. The van der Waals surface area contributed by atoms with E-state index in [1.54, 1.807) is 12.1 Å². The summed E-state index contributed by atoms with van der Waals surface area (Å²) in [5.41, 5.74) is 6.16. The molecule has 0 aliphatic carbocycles. The average Bonchev–Trinajstić information content (AvgIpc) is 1.99. The third kappa shape index (κ3) is 3.29. The quantitative estimate of drug-likeness (QED) is 0.907. The highest BCUT2D eigenvalue weighted by Gasteiger charge is 2.18. The Kier molecular flexibility index (Phi) is 3.28. The maximum atomic E-state index is 11.4. The fourth-order valence-corrected chi connectivity index (χ4v) is 2.48. The van der Waals surface area contributed by atoms with E-state index in [0.717, 1.165) is 10.0 Å². The molecule has 0 amide bonds. The van der Waals surface area contributed by atoms with Crippen molar-refractivity contribution in [3.8, 4) is 0 Å². The Balaban J connectivity index is 3.43. The highest BCUT2D eigenvalue weighted by molar-refractivity contribution is 9.10. The molecule has 84 valence electrons. The fraction of sp³-hybridized carbons (Fsp3) is 0.400. The summed E-state index contributed by atoms with van der Waals surface area (Å²) in [4.78, 5) is 0.283. The van der Waals surface area contributed by atoms with E-state index in [-0.39, 0.29) is 4.90 Å². The van der Waals surface area contributed by atoms with E-state index in [4.69, 9.17) is 5.73 Å². The van der Waals surface area contributed by atoms with Crippen molar-refractivity contribution in [3.63, 3.8) is 0 Å². The Morgan fingerprint density at radius 2 is 1.80 bits per heavy atom. The molecule has 0 aromatic heterocycles. The Bertz CT molecular complexity index is 475. The standard InChI is InChI=1S/C10H14BrNO2S/c1-10(2,12)7-4-8(11)6-9(5-7)15(3,13)14/h4-6H,12H2,1-3H3. The van der Waals surface area contributed by atoms with Crippen molar-refractivity contribution in [2.45, 2.75) is 24.3 Å². The van der Waals surface area contributed by atoms with Crippen LogP contribution in [0.25, 0.3) is 0 Å². The molecule has 1 aromatic rings. The predicted octanol–water partition coefficient (Wildman–Crippen LogP) is 2.05. The first-order chi connectivity index (χ1) is 6.60. The number of sulfone groups is 1. The largest absolute Gasteiger partial charge is 0.322 e. The lowest BCUT2D eigenvalue weighted by atomic mass is 9.96. The van der Waals surface area contributed by atoms with Crippen LogP contribution in [0.15, 0.2) is 27.6 Å². The molecule has 0 atom stereocenters. The number of nitrogens with two attached hydrogens (primary N) is 1. The van der Waals surface area contributed by atoms with E-state index in [0.29, 0.717) is 0 Å². The molecular formula is C10H14BrNO2S. The maximum Gasteiger partial charge on any atom is 0.175 e. The zero-order valence-electron chi connectivity index (χ0n) is 8.91. The molecule has 3 nitrogen and oxygen atoms in total. The highest BCUT2D eigenvalue weighted by atomic mass is 79.9. The molecule has 0 spiro atoms. The summed E-state index contributed by atoms with van der Waals surface area (Å²) in [7, 11) is -3.19. The number of hydrogen-bond acceptors (Lipinski definition) is 3.